The molecule has 1 atom stereocenters. The minimum atomic E-state index is 0.0700. The summed E-state index contributed by atoms with van der Waals surface area (Å²) in [5.41, 5.74) is 2.52. The van der Waals surface area contributed by atoms with E-state index in [9.17, 15) is 5.11 Å². The van der Waals surface area contributed by atoms with Crippen molar-refractivity contribution in [1.82, 2.24) is 10.6 Å². The maximum absolute atomic E-state index is 9.30. The number of ether oxygens (including phenoxy) is 1. The van der Waals surface area contributed by atoms with Crippen molar-refractivity contribution in [2.45, 2.75) is 53.2 Å². The molecule has 1 heterocycles. The van der Waals surface area contributed by atoms with Crippen molar-refractivity contribution >= 4 is 11.6 Å². The van der Waals surface area contributed by atoms with Gasteiger partial charge < -0.3 is 25.4 Å². The number of nitrogens with zero attached hydrogens (tertiary/aromatic N) is 2. The van der Waals surface area contributed by atoms with Gasteiger partial charge in [0.05, 0.1) is 12.6 Å². The van der Waals surface area contributed by atoms with Crippen LogP contribution in [0.3, 0.4) is 0 Å². The number of methoxy groups -OCH3 is 1. The van der Waals surface area contributed by atoms with E-state index in [1.54, 1.807) is 7.11 Å². The van der Waals surface area contributed by atoms with Crippen molar-refractivity contribution in [3.63, 3.8) is 0 Å². The summed E-state index contributed by atoms with van der Waals surface area (Å²) in [6.07, 6.45) is 2.25. The summed E-state index contributed by atoms with van der Waals surface area (Å²) in [5.74, 6) is 1.28. The lowest BCUT2D eigenvalue weighted by molar-refractivity contribution is 0.0205. The number of aliphatic hydroxyl groups is 1. The Kier molecular flexibility index (Phi) is 9.24. The van der Waals surface area contributed by atoms with Crippen LogP contribution < -0.4 is 15.5 Å². The van der Waals surface area contributed by atoms with Gasteiger partial charge in [0.15, 0.2) is 5.96 Å². The van der Waals surface area contributed by atoms with Crippen LogP contribution in [0.5, 0.6) is 0 Å². The molecule has 1 aliphatic heterocycles. The van der Waals surface area contributed by atoms with Crippen molar-refractivity contribution in [2.24, 2.45) is 16.3 Å². The third-order valence-electron chi connectivity index (χ3n) is 5.64. The number of rotatable bonds is 8. The summed E-state index contributed by atoms with van der Waals surface area (Å²) < 4.78 is 5.63. The van der Waals surface area contributed by atoms with Crippen LogP contribution in [0.2, 0.25) is 0 Å². The first-order chi connectivity index (χ1) is 13.9. The number of piperidine rings is 1. The zero-order chi connectivity index (χ0) is 21.3. The van der Waals surface area contributed by atoms with Crippen molar-refractivity contribution < 1.29 is 9.84 Å². The largest absolute Gasteiger partial charge is 0.396 e. The molecule has 0 aliphatic carbocycles. The average molecular weight is 405 g/mol. The summed E-state index contributed by atoms with van der Waals surface area (Å²) in [6.45, 7) is 13.1. The van der Waals surface area contributed by atoms with E-state index in [1.807, 2.05) is 0 Å². The Morgan fingerprint density at radius 3 is 2.38 bits per heavy atom. The Bertz CT molecular complexity index is 617. The molecule has 0 bridgehead atoms. The summed E-state index contributed by atoms with van der Waals surface area (Å²) in [6, 6.07) is 8.69. The molecule has 1 saturated heterocycles. The second kappa shape index (κ2) is 11.4. The van der Waals surface area contributed by atoms with Gasteiger partial charge in [-0.2, -0.15) is 0 Å². The number of aliphatic hydroxyl groups excluding tert-OH is 1. The molecule has 6 nitrogen and oxygen atoms in total. The normalized spacial score (nSPS) is 17.3. The van der Waals surface area contributed by atoms with Gasteiger partial charge in [-0.1, -0.05) is 32.9 Å². The number of nitrogens with one attached hydrogen (secondary N) is 2. The third-order valence-corrected chi connectivity index (χ3v) is 5.64. The molecule has 0 radical (unpaired) electrons. The second-order valence-corrected chi connectivity index (χ2v) is 8.95. The summed E-state index contributed by atoms with van der Waals surface area (Å²) in [5, 5.41) is 16.0. The van der Waals surface area contributed by atoms with Gasteiger partial charge in [-0.05, 0) is 48.8 Å². The fourth-order valence-corrected chi connectivity index (χ4v) is 3.63. The Morgan fingerprint density at radius 2 is 1.86 bits per heavy atom. The molecule has 164 valence electrons. The number of hydrogen-bond donors (Lipinski definition) is 3. The van der Waals surface area contributed by atoms with Crippen LogP contribution in [0.4, 0.5) is 5.69 Å². The van der Waals surface area contributed by atoms with Crippen LogP contribution in [-0.2, 0) is 11.3 Å². The maximum atomic E-state index is 9.30. The lowest BCUT2D eigenvalue weighted by Crippen LogP contribution is -2.45. The Hall–Kier alpha value is -1.79. The van der Waals surface area contributed by atoms with E-state index in [1.165, 1.54) is 11.3 Å². The number of hydrogen-bond acceptors (Lipinski definition) is 4. The first kappa shape index (κ1) is 23.5. The molecule has 1 aromatic rings. The van der Waals surface area contributed by atoms with E-state index in [2.05, 4.69) is 67.5 Å². The smallest absolute Gasteiger partial charge is 0.191 e. The standard InChI is InChI=1S/C23H40N4O2/c1-6-24-22(26-16-21(29-5)23(2,3)4)25-15-18-7-9-20(10-8-18)27-13-11-19(17-28)12-14-27/h7-10,19,21,28H,6,11-17H2,1-5H3,(H2,24,25,26). The van der Waals surface area contributed by atoms with Crippen LogP contribution in [0.25, 0.3) is 0 Å². The molecule has 0 aromatic heterocycles. The number of anilines is 1. The maximum Gasteiger partial charge on any atom is 0.191 e. The molecular weight excluding hydrogens is 364 g/mol. The molecule has 6 heteroatoms. The first-order valence-electron chi connectivity index (χ1n) is 10.9. The molecule has 0 saturated carbocycles. The molecule has 1 aliphatic rings. The highest BCUT2D eigenvalue weighted by molar-refractivity contribution is 5.79. The fourth-order valence-electron chi connectivity index (χ4n) is 3.63. The van der Waals surface area contributed by atoms with Crippen LogP contribution in [0, 0.1) is 11.3 Å². The average Bonchev–Trinajstić information content (AvgIpc) is 2.72. The van der Waals surface area contributed by atoms with Gasteiger partial charge in [0.1, 0.15) is 0 Å². The van der Waals surface area contributed by atoms with Gasteiger partial charge in [-0.25, -0.2) is 4.99 Å². The zero-order valence-electron chi connectivity index (χ0n) is 18.9. The van der Waals surface area contributed by atoms with E-state index in [4.69, 9.17) is 9.73 Å². The van der Waals surface area contributed by atoms with Crippen LogP contribution >= 0.6 is 0 Å². The van der Waals surface area contributed by atoms with Crippen LogP contribution in [0.15, 0.2) is 29.3 Å². The van der Waals surface area contributed by atoms with Crippen LogP contribution in [-0.4, -0.2) is 57.1 Å². The van der Waals surface area contributed by atoms with Crippen molar-refractivity contribution in [3.8, 4) is 0 Å². The number of guanidine groups is 1. The highest BCUT2D eigenvalue weighted by Crippen LogP contribution is 2.23. The van der Waals surface area contributed by atoms with E-state index in [-0.39, 0.29) is 11.5 Å². The summed E-state index contributed by atoms with van der Waals surface area (Å²) in [4.78, 5) is 7.14. The fraction of sp³-hybridized carbons (Fsp3) is 0.696. The summed E-state index contributed by atoms with van der Waals surface area (Å²) in [7, 11) is 1.76. The van der Waals surface area contributed by atoms with E-state index < -0.39 is 0 Å². The quantitative estimate of drug-likeness (QED) is 0.459. The molecule has 1 aromatic carbocycles. The Morgan fingerprint density at radius 1 is 1.21 bits per heavy atom. The van der Waals surface area contributed by atoms with Gasteiger partial charge in [0.25, 0.3) is 0 Å². The van der Waals surface area contributed by atoms with E-state index in [0.717, 1.165) is 38.4 Å². The van der Waals surface area contributed by atoms with Gasteiger partial charge in [-0.15, -0.1) is 0 Å². The van der Waals surface area contributed by atoms with Gasteiger partial charge in [0.2, 0.25) is 0 Å². The minimum Gasteiger partial charge on any atom is -0.396 e. The molecule has 1 unspecified atom stereocenters. The predicted molar refractivity (Wildman–Crippen MR) is 122 cm³/mol. The van der Waals surface area contributed by atoms with E-state index in [0.29, 0.717) is 25.6 Å². The van der Waals surface area contributed by atoms with Gasteiger partial charge in [-0.3, -0.25) is 0 Å². The molecule has 2 rings (SSSR count). The van der Waals surface area contributed by atoms with Gasteiger partial charge in [0, 0.05) is 45.6 Å². The van der Waals surface area contributed by atoms with Crippen molar-refractivity contribution in [1.29, 1.82) is 0 Å². The SMILES string of the molecule is CCNC(=NCc1ccc(N2CCC(CO)CC2)cc1)NCC(OC)C(C)(C)C. The lowest BCUT2D eigenvalue weighted by atomic mass is 9.89. The van der Waals surface area contributed by atoms with E-state index >= 15 is 0 Å². The lowest BCUT2D eigenvalue weighted by Gasteiger charge is -2.32. The van der Waals surface area contributed by atoms with Crippen molar-refractivity contribution in [3.05, 3.63) is 29.8 Å². The number of benzene rings is 1. The zero-order valence-corrected chi connectivity index (χ0v) is 18.9. The Labute approximate surface area is 176 Å². The molecule has 1 fully saturated rings. The predicted octanol–water partition coefficient (Wildman–Crippen LogP) is 3.01. The molecule has 29 heavy (non-hydrogen) atoms. The molecule has 0 amide bonds. The molecule has 3 N–H and O–H groups in total. The third kappa shape index (κ3) is 7.52. The topological polar surface area (TPSA) is 69.1 Å². The Balaban J connectivity index is 1.91. The molecular formula is C23H40N4O2. The monoisotopic (exact) mass is 404 g/mol. The second-order valence-electron chi connectivity index (χ2n) is 8.95. The van der Waals surface area contributed by atoms with Crippen molar-refractivity contribution in [2.75, 3.05) is 44.8 Å². The summed E-state index contributed by atoms with van der Waals surface area (Å²) >= 11 is 0. The van der Waals surface area contributed by atoms with Gasteiger partial charge >= 0.3 is 0 Å². The molecule has 0 spiro atoms. The first-order valence-corrected chi connectivity index (χ1v) is 10.9. The minimum absolute atomic E-state index is 0.0700. The highest BCUT2D eigenvalue weighted by Gasteiger charge is 2.24. The highest BCUT2D eigenvalue weighted by atomic mass is 16.5. The van der Waals surface area contributed by atoms with Crippen LogP contribution in [0.1, 0.15) is 46.1 Å². The number of aliphatic imine (C=N–C) groups is 1.